The molecule has 2 heterocycles. The lowest BCUT2D eigenvalue weighted by atomic mass is 9.87. The molecule has 2 unspecified atom stereocenters. The summed E-state index contributed by atoms with van der Waals surface area (Å²) in [4.78, 5) is 2.33. The standard InChI is InChI=1S/C8H15NO/c1-8-3-5-9(2)7(8)10-6-4-8/h7H,3-6H2,1-2H3. The first-order valence-corrected chi connectivity index (χ1v) is 4.04. The molecule has 0 aromatic carbocycles. The van der Waals surface area contributed by atoms with Gasteiger partial charge in [0.15, 0.2) is 0 Å². The third-order valence-corrected chi connectivity index (χ3v) is 2.98. The first kappa shape index (κ1) is 6.62. The van der Waals surface area contributed by atoms with Crippen molar-refractivity contribution < 1.29 is 4.74 Å². The van der Waals surface area contributed by atoms with Crippen molar-refractivity contribution in [3.8, 4) is 0 Å². The largest absolute Gasteiger partial charge is 0.363 e. The van der Waals surface area contributed by atoms with Crippen LogP contribution in [0.15, 0.2) is 0 Å². The zero-order valence-electron chi connectivity index (χ0n) is 6.76. The van der Waals surface area contributed by atoms with E-state index in [-0.39, 0.29) is 0 Å². The molecule has 0 saturated carbocycles. The molecule has 2 aliphatic rings. The summed E-state index contributed by atoms with van der Waals surface area (Å²) in [6.45, 7) is 4.51. The Morgan fingerprint density at radius 3 is 3.00 bits per heavy atom. The molecular weight excluding hydrogens is 126 g/mol. The summed E-state index contributed by atoms with van der Waals surface area (Å²) in [5, 5.41) is 0. The van der Waals surface area contributed by atoms with Crippen molar-refractivity contribution in [1.82, 2.24) is 4.90 Å². The van der Waals surface area contributed by atoms with Gasteiger partial charge in [-0.1, -0.05) is 6.92 Å². The number of fused-ring (bicyclic) bond motifs is 1. The summed E-state index contributed by atoms with van der Waals surface area (Å²) in [5.74, 6) is 0. The van der Waals surface area contributed by atoms with E-state index in [9.17, 15) is 0 Å². The Balaban J connectivity index is 2.19. The lowest BCUT2D eigenvalue weighted by Gasteiger charge is -2.24. The molecule has 2 atom stereocenters. The number of hydrogen-bond acceptors (Lipinski definition) is 2. The van der Waals surface area contributed by atoms with Gasteiger partial charge in [-0.15, -0.1) is 0 Å². The number of likely N-dealkylation sites (tertiary alicyclic amines) is 1. The van der Waals surface area contributed by atoms with E-state index in [2.05, 4.69) is 18.9 Å². The third-order valence-electron chi connectivity index (χ3n) is 2.98. The second kappa shape index (κ2) is 1.95. The van der Waals surface area contributed by atoms with Gasteiger partial charge in [0.2, 0.25) is 0 Å². The molecule has 2 nitrogen and oxygen atoms in total. The summed E-state index contributed by atoms with van der Waals surface area (Å²) in [6, 6.07) is 0. The molecule has 10 heavy (non-hydrogen) atoms. The zero-order chi connectivity index (χ0) is 7.19. The van der Waals surface area contributed by atoms with Crippen molar-refractivity contribution in [3.63, 3.8) is 0 Å². The fourth-order valence-corrected chi connectivity index (χ4v) is 2.19. The van der Waals surface area contributed by atoms with Crippen molar-refractivity contribution in [2.24, 2.45) is 5.41 Å². The molecule has 0 aromatic heterocycles. The number of rotatable bonds is 0. The molecule has 2 aliphatic heterocycles. The van der Waals surface area contributed by atoms with Crippen LogP contribution in [-0.4, -0.2) is 31.3 Å². The van der Waals surface area contributed by atoms with E-state index in [1.165, 1.54) is 19.4 Å². The molecule has 0 radical (unpaired) electrons. The molecule has 2 rings (SSSR count). The monoisotopic (exact) mass is 141 g/mol. The Morgan fingerprint density at radius 1 is 1.50 bits per heavy atom. The van der Waals surface area contributed by atoms with Crippen LogP contribution in [0.4, 0.5) is 0 Å². The molecule has 0 aromatic rings. The molecule has 0 bridgehead atoms. The summed E-state index contributed by atoms with van der Waals surface area (Å²) in [7, 11) is 2.15. The van der Waals surface area contributed by atoms with E-state index in [4.69, 9.17) is 4.74 Å². The van der Waals surface area contributed by atoms with Crippen LogP contribution in [0.1, 0.15) is 19.8 Å². The minimum atomic E-state index is 0.424. The second-order valence-corrected chi connectivity index (χ2v) is 3.86. The maximum absolute atomic E-state index is 5.62. The summed E-state index contributed by atoms with van der Waals surface area (Å²) in [6.07, 6.45) is 2.99. The van der Waals surface area contributed by atoms with E-state index < -0.39 is 0 Å². The van der Waals surface area contributed by atoms with Crippen LogP contribution in [0, 0.1) is 5.41 Å². The maximum Gasteiger partial charge on any atom is 0.115 e. The molecule has 2 saturated heterocycles. The minimum Gasteiger partial charge on any atom is -0.363 e. The van der Waals surface area contributed by atoms with E-state index in [1.807, 2.05) is 0 Å². The molecule has 0 aliphatic carbocycles. The lowest BCUT2D eigenvalue weighted by Crippen LogP contribution is -2.32. The summed E-state index contributed by atoms with van der Waals surface area (Å²) >= 11 is 0. The molecule has 2 fully saturated rings. The van der Waals surface area contributed by atoms with E-state index >= 15 is 0 Å². The van der Waals surface area contributed by atoms with Crippen molar-refractivity contribution in [2.75, 3.05) is 20.2 Å². The SMILES string of the molecule is CN1CCC2(C)CCOC12. The fourth-order valence-electron chi connectivity index (χ4n) is 2.19. The maximum atomic E-state index is 5.62. The molecule has 58 valence electrons. The Bertz CT molecular complexity index is 148. The highest BCUT2D eigenvalue weighted by molar-refractivity contribution is 4.93. The van der Waals surface area contributed by atoms with E-state index in [1.54, 1.807) is 0 Å². The van der Waals surface area contributed by atoms with Gasteiger partial charge in [0.05, 0.1) is 0 Å². The number of ether oxygens (including phenoxy) is 1. The van der Waals surface area contributed by atoms with Crippen LogP contribution in [0.2, 0.25) is 0 Å². The first-order valence-electron chi connectivity index (χ1n) is 4.04. The van der Waals surface area contributed by atoms with Gasteiger partial charge in [-0.25, -0.2) is 0 Å². The molecule has 0 amide bonds. The van der Waals surface area contributed by atoms with Gasteiger partial charge in [0.25, 0.3) is 0 Å². The van der Waals surface area contributed by atoms with Crippen molar-refractivity contribution in [1.29, 1.82) is 0 Å². The van der Waals surface area contributed by atoms with Crippen molar-refractivity contribution >= 4 is 0 Å². The van der Waals surface area contributed by atoms with Crippen LogP contribution < -0.4 is 0 Å². The van der Waals surface area contributed by atoms with Crippen molar-refractivity contribution in [2.45, 2.75) is 26.0 Å². The van der Waals surface area contributed by atoms with Crippen LogP contribution >= 0.6 is 0 Å². The predicted octanol–water partition coefficient (Wildman–Crippen LogP) is 1.07. The van der Waals surface area contributed by atoms with E-state index in [0.717, 1.165) is 6.61 Å². The Labute approximate surface area is 62.2 Å². The Kier molecular flexibility index (Phi) is 1.29. The topological polar surface area (TPSA) is 12.5 Å². The third kappa shape index (κ3) is 0.722. The average Bonchev–Trinajstić information content (AvgIpc) is 2.35. The number of nitrogens with zero attached hydrogens (tertiary/aromatic N) is 1. The Morgan fingerprint density at radius 2 is 2.30 bits per heavy atom. The normalized spacial score (nSPS) is 48.0. The first-order chi connectivity index (χ1) is 4.72. The van der Waals surface area contributed by atoms with Gasteiger partial charge >= 0.3 is 0 Å². The highest BCUT2D eigenvalue weighted by Gasteiger charge is 2.46. The quantitative estimate of drug-likeness (QED) is 0.500. The summed E-state index contributed by atoms with van der Waals surface area (Å²) in [5.41, 5.74) is 0.481. The van der Waals surface area contributed by atoms with Crippen molar-refractivity contribution in [3.05, 3.63) is 0 Å². The smallest absolute Gasteiger partial charge is 0.115 e. The van der Waals surface area contributed by atoms with E-state index in [0.29, 0.717) is 11.6 Å². The average molecular weight is 141 g/mol. The molecule has 0 spiro atoms. The highest BCUT2D eigenvalue weighted by atomic mass is 16.5. The van der Waals surface area contributed by atoms with Gasteiger partial charge in [0.1, 0.15) is 6.23 Å². The van der Waals surface area contributed by atoms with Gasteiger partial charge in [-0.05, 0) is 19.9 Å². The van der Waals surface area contributed by atoms with Crippen LogP contribution in [0.25, 0.3) is 0 Å². The predicted molar refractivity (Wildman–Crippen MR) is 39.7 cm³/mol. The van der Waals surface area contributed by atoms with Gasteiger partial charge < -0.3 is 4.74 Å². The van der Waals surface area contributed by atoms with Gasteiger partial charge in [-0.2, -0.15) is 0 Å². The molecule has 0 N–H and O–H groups in total. The lowest BCUT2D eigenvalue weighted by molar-refractivity contribution is -0.0139. The zero-order valence-corrected chi connectivity index (χ0v) is 6.76. The van der Waals surface area contributed by atoms with Gasteiger partial charge in [0, 0.05) is 18.6 Å². The van der Waals surface area contributed by atoms with Crippen LogP contribution in [0.3, 0.4) is 0 Å². The molecule has 2 heteroatoms. The van der Waals surface area contributed by atoms with Crippen LogP contribution in [-0.2, 0) is 4.74 Å². The van der Waals surface area contributed by atoms with Crippen LogP contribution in [0.5, 0.6) is 0 Å². The molecular formula is C8H15NO. The van der Waals surface area contributed by atoms with Gasteiger partial charge in [-0.3, -0.25) is 4.90 Å². The Hall–Kier alpha value is -0.0800. The second-order valence-electron chi connectivity index (χ2n) is 3.86. The fraction of sp³-hybridized carbons (Fsp3) is 1.00. The minimum absolute atomic E-state index is 0.424. The summed E-state index contributed by atoms with van der Waals surface area (Å²) < 4.78 is 5.62. The highest BCUT2D eigenvalue weighted by Crippen LogP contribution is 2.43. The number of hydrogen-bond donors (Lipinski definition) is 0.